The lowest BCUT2D eigenvalue weighted by Gasteiger charge is -2.19. The van der Waals surface area contributed by atoms with Gasteiger partial charge in [0, 0.05) is 21.4 Å². The van der Waals surface area contributed by atoms with Crippen molar-refractivity contribution in [3.8, 4) is 0 Å². The van der Waals surface area contributed by atoms with E-state index < -0.39 is 11.6 Å². The summed E-state index contributed by atoms with van der Waals surface area (Å²) in [7, 11) is 0. The molecule has 0 bridgehead atoms. The number of H-pyrrole nitrogens is 1. The number of pyridine rings is 1. The summed E-state index contributed by atoms with van der Waals surface area (Å²) in [6.45, 7) is 5.40. The zero-order valence-electron chi connectivity index (χ0n) is 10.9. The molecule has 4 nitrogen and oxygen atoms in total. The van der Waals surface area contributed by atoms with E-state index in [1.165, 1.54) is 6.20 Å². The molecule has 0 aliphatic carbocycles. The zero-order chi connectivity index (χ0) is 14.2. The van der Waals surface area contributed by atoms with Crippen molar-refractivity contribution in [3.63, 3.8) is 0 Å². The summed E-state index contributed by atoms with van der Waals surface area (Å²) in [5, 5.41) is 1.04. The monoisotopic (exact) mass is 323 g/mol. The summed E-state index contributed by atoms with van der Waals surface area (Å²) < 4.78 is 6.11. The van der Waals surface area contributed by atoms with Crippen LogP contribution in [0.3, 0.4) is 0 Å². The molecule has 0 radical (unpaired) electrons. The molecule has 0 amide bonds. The Morgan fingerprint density at radius 3 is 2.58 bits per heavy atom. The van der Waals surface area contributed by atoms with E-state index in [1.807, 2.05) is 0 Å². The normalized spacial score (nSPS) is 11.6. The minimum atomic E-state index is -0.574. The lowest BCUT2D eigenvalue weighted by Crippen LogP contribution is -2.24. The second-order valence-electron chi connectivity index (χ2n) is 5.22. The maximum absolute atomic E-state index is 12.1. The molecule has 1 aromatic heterocycles. The molecule has 100 valence electrons. The van der Waals surface area contributed by atoms with Crippen LogP contribution in [0.2, 0.25) is 0 Å². The number of fused-ring (bicyclic) bond motifs is 1. The van der Waals surface area contributed by atoms with Gasteiger partial charge in [0.05, 0.1) is 5.56 Å². The van der Waals surface area contributed by atoms with Crippen LogP contribution in [0.25, 0.3) is 10.8 Å². The Morgan fingerprint density at radius 1 is 1.26 bits per heavy atom. The van der Waals surface area contributed by atoms with Crippen molar-refractivity contribution in [3.05, 3.63) is 44.8 Å². The van der Waals surface area contributed by atoms with Crippen LogP contribution >= 0.6 is 15.9 Å². The molecule has 0 saturated heterocycles. The molecule has 0 spiro atoms. The summed E-state index contributed by atoms with van der Waals surface area (Å²) >= 11 is 3.31. The highest BCUT2D eigenvalue weighted by Gasteiger charge is 2.20. The second kappa shape index (κ2) is 4.81. The van der Waals surface area contributed by atoms with E-state index in [2.05, 4.69) is 20.9 Å². The number of rotatable bonds is 1. The molecule has 0 unspecified atom stereocenters. The lowest BCUT2D eigenvalue weighted by molar-refractivity contribution is 0.00714. The Kier molecular flexibility index (Phi) is 3.49. The number of carbonyl (C=O) groups excluding carboxylic acids is 1. The first kappa shape index (κ1) is 13.8. The predicted octanol–water partition coefficient (Wildman–Crippen LogP) is 3.25. The van der Waals surface area contributed by atoms with Gasteiger partial charge in [0.1, 0.15) is 5.60 Å². The predicted molar refractivity (Wildman–Crippen MR) is 77.4 cm³/mol. The minimum Gasteiger partial charge on any atom is -0.456 e. The molecule has 0 aliphatic heterocycles. The summed E-state index contributed by atoms with van der Waals surface area (Å²) in [6, 6.07) is 5.20. The van der Waals surface area contributed by atoms with E-state index in [0.29, 0.717) is 16.3 Å². The van der Waals surface area contributed by atoms with Gasteiger partial charge in [-0.15, -0.1) is 0 Å². The van der Waals surface area contributed by atoms with Crippen molar-refractivity contribution < 1.29 is 9.53 Å². The van der Waals surface area contributed by atoms with Gasteiger partial charge in [-0.3, -0.25) is 4.79 Å². The van der Waals surface area contributed by atoms with E-state index in [1.54, 1.807) is 39.0 Å². The molecule has 1 heterocycles. The van der Waals surface area contributed by atoms with Crippen LogP contribution in [0.15, 0.2) is 33.7 Å². The highest BCUT2D eigenvalue weighted by molar-refractivity contribution is 9.10. The Balaban J connectivity index is 2.59. The largest absolute Gasteiger partial charge is 0.456 e. The van der Waals surface area contributed by atoms with Gasteiger partial charge in [0.15, 0.2) is 0 Å². The third-order valence-electron chi connectivity index (χ3n) is 2.48. The van der Waals surface area contributed by atoms with Crippen LogP contribution in [-0.4, -0.2) is 16.6 Å². The van der Waals surface area contributed by atoms with Crippen LogP contribution in [0.1, 0.15) is 31.1 Å². The topological polar surface area (TPSA) is 59.2 Å². The maximum atomic E-state index is 12.1. The molecule has 0 saturated carbocycles. The van der Waals surface area contributed by atoms with Crippen LogP contribution in [0.4, 0.5) is 0 Å². The van der Waals surface area contributed by atoms with Crippen molar-refractivity contribution in [2.45, 2.75) is 26.4 Å². The number of hydrogen-bond acceptors (Lipinski definition) is 3. The summed E-state index contributed by atoms with van der Waals surface area (Å²) in [5.74, 6) is -0.448. The Labute approximate surface area is 118 Å². The third kappa shape index (κ3) is 3.04. The molecule has 2 rings (SSSR count). The summed E-state index contributed by atoms with van der Waals surface area (Å²) in [4.78, 5) is 26.4. The van der Waals surface area contributed by atoms with E-state index in [4.69, 9.17) is 4.74 Å². The molecule has 0 fully saturated rings. The Hall–Kier alpha value is -1.62. The van der Waals surface area contributed by atoms with E-state index in [9.17, 15) is 9.59 Å². The van der Waals surface area contributed by atoms with Crippen molar-refractivity contribution in [2.24, 2.45) is 0 Å². The average molecular weight is 324 g/mol. The quantitative estimate of drug-likeness (QED) is 0.819. The lowest BCUT2D eigenvalue weighted by atomic mass is 10.1. The third-order valence-corrected chi connectivity index (χ3v) is 2.98. The number of esters is 1. The molecular formula is C14H14BrNO3. The van der Waals surface area contributed by atoms with Gasteiger partial charge < -0.3 is 9.72 Å². The van der Waals surface area contributed by atoms with Crippen molar-refractivity contribution in [1.82, 2.24) is 4.98 Å². The van der Waals surface area contributed by atoms with Gasteiger partial charge >= 0.3 is 5.97 Å². The number of ether oxygens (including phenoxy) is 1. The Morgan fingerprint density at radius 2 is 1.95 bits per heavy atom. The van der Waals surface area contributed by atoms with Gasteiger partial charge in [0.2, 0.25) is 0 Å². The summed E-state index contributed by atoms with van der Waals surface area (Å²) in [6.07, 6.45) is 1.40. The van der Waals surface area contributed by atoms with Gasteiger partial charge in [-0.2, -0.15) is 0 Å². The molecule has 19 heavy (non-hydrogen) atoms. The second-order valence-corrected chi connectivity index (χ2v) is 6.14. The average Bonchev–Trinajstić information content (AvgIpc) is 2.27. The number of hydrogen-bond donors (Lipinski definition) is 1. The van der Waals surface area contributed by atoms with Gasteiger partial charge in [-0.1, -0.05) is 22.0 Å². The van der Waals surface area contributed by atoms with Crippen molar-refractivity contribution in [1.29, 1.82) is 0 Å². The van der Waals surface area contributed by atoms with Crippen LogP contribution < -0.4 is 5.56 Å². The fourth-order valence-corrected chi connectivity index (χ4v) is 2.10. The minimum absolute atomic E-state index is 0.233. The fourth-order valence-electron chi connectivity index (χ4n) is 1.73. The standard InChI is InChI=1S/C14H14BrNO3/c1-14(2,3)19-13(18)11-7-16-12(17)10-6-8(15)4-5-9(10)11/h4-7H,1-3H3,(H,16,17). The van der Waals surface area contributed by atoms with E-state index in [-0.39, 0.29) is 5.56 Å². The zero-order valence-corrected chi connectivity index (χ0v) is 12.5. The molecule has 1 N–H and O–H groups in total. The van der Waals surface area contributed by atoms with Crippen molar-refractivity contribution >= 4 is 32.7 Å². The van der Waals surface area contributed by atoms with Crippen molar-refractivity contribution in [2.75, 3.05) is 0 Å². The number of aromatic nitrogens is 1. The number of benzene rings is 1. The molecule has 1 aromatic carbocycles. The van der Waals surface area contributed by atoms with Crippen LogP contribution in [-0.2, 0) is 4.74 Å². The molecular weight excluding hydrogens is 310 g/mol. The Bertz CT molecular complexity index is 698. The van der Waals surface area contributed by atoms with Crippen LogP contribution in [0.5, 0.6) is 0 Å². The van der Waals surface area contributed by atoms with Gasteiger partial charge in [-0.25, -0.2) is 4.79 Å². The number of aromatic amines is 1. The summed E-state index contributed by atoms with van der Waals surface area (Å²) in [5.41, 5.74) is -0.449. The van der Waals surface area contributed by atoms with Gasteiger partial charge in [-0.05, 0) is 32.9 Å². The highest BCUT2D eigenvalue weighted by atomic mass is 79.9. The maximum Gasteiger partial charge on any atom is 0.340 e. The SMILES string of the molecule is CC(C)(C)OC(=O)c1c[nH]c(=O)c2cc(Br)ccc12. The molecule has 0 atom stereocenters. The first-order chi connectivity index (χ1) is 8.78. The first-order valence-electron chi connectivity index (χ1n) is 5.82. The van der Waals surface area contributed by atoms with Crippen LogP contribution in [0, 0.1) is 0 Å². The number of halogens is 1. The molecule has 2 aromatic rings. The molecule has 0 aliphatic rings. The number of carbonyl (C=O) groups is 1. The van der Waals surface area contributed by atoms with E-state index in [0.717, 1.165) is 4.47 Å². The van der Waals surface area contributed by atoms with E-state index >= 15 is 0 Å². The first-order valence-corrected chi connectivity index (χ1v) is 6.61. The number of nitrogens with one attached hydrogen (secondary N) is 1. The fraction of sp³-hybridized carbons (Fsp3) is 0.286. The van der Waals surface area contributed by atoms with Gasteiger partial charge in [0.25, 0.3) is 5.56 Å². The molecule has 5 heteroatoms. The smallest absolute Gasteiger partial charge is 0.340 e. The highest BCUT2D eigenvalue weighted by Crippen LogP contribution is 2.21.